The number of alkyl halides is 2. The normalized spacial score (nSPS) is 15.4. The molecule has 29 heavy (non-hydrogen) atoms. The van der Waals surface area contributed by atoms with Crippen LogP contribution in [0.2, 0.25) is 0 Å². The Bertz CT molecular complexity index is 1070. The first kappa shape index (κ1) is 18.7. The second kappa shape index (κ2) is 7.75. The van der Waals surface area contributed by atoms with Crippen LogP contribution in [-0.4, -0.2) is 24.5 Å². The van der Waals surface area contributed by atoms with Crippen LogP contribution in [0.3, 0.4) is 0 Å². The minimum absolute atomic E-state index is 0.00586. The van der Waals surface area contributed by atoms with Crippen LogP contribution in [0.25, 0.3) is 10.8 Å². The van der Waals surface area contributed by atoms with Crippen molar-refractivity contribution in [3.05, 3.63) is 60.7 Å². The largest absolute Gasteiger partial charge is 0.435 e. The van der Waals surface area contributed by atoms with Crippen LogP contribution in [0.1, 0.15) is 6.42 Å². The highest BCUT2D eigenvalue weighted by molar-refractivity contribution is 6.13. The molecule has 8 heteroatoms. The monoisotopic (exact) mass is 397 g/mol. The summed E-state index contributed by atoms with van der Waals surface area (Å²) in [7, 11) is 0. The van der Waals surface area contributed by atoms with E-state index in [1.165, 1.54) is 24.3 Å². The number of anilines is 3. The van der Waals surface area contributed by atoms with Crippen molar-refractivity contribution in [2.45, 2.75) is 19.1 Å². The van der Waals surface area contributed by atoms with E-state index in [1.807, 2.05) is 36.4 Å². The lowest BCUT2D eigenvalue weighted by molar-refractivity contribution is -0.121. The number of hydrogen-bond acceptors (Lipinski definition) is 4. The highest BCUT2D eigenvalue weighted by Crippen LogP contribution is 2.33. The average Bonchev–Trinajstić information content (AvgIpc) is 2.81. The summed E-state index contributed by atoms with van der Waals surface area (Å²) in [6.45, 7) is -2.91. The number of nitrogens with one attached hydrogen (secondary N) is 3. The van der Waals surface area contributed by atoms with Gasteiger partial charge in [-0.1, -0.05) is 24.3 Å². The van der Waals surface area contributed by atoms with Crippen LogP contribution >= 0.6 is 0 Å². The van der Waals surface area contributed by atoms with E-state index in [0.717, 1.165) is 16.5 Å². The quantitative estimate of drug-likeness (QED) is 0.603. The Kier molecular flexibility index (Phi) is 4.99. The van der Waals surface area contributed by atoms with Crippen LogP contribution in [-0.2, 0) is 9.59 Å². The predicted octanol–water partition coefficient (Wildman–Crippen LogP) is 4.20. The van der Waals surface area contributed by atoms with Gasteiger partial charge in [-0.25, -0.2) is 0 Å². The molecule has 1 aliphatic rings. The van der Waals surface area contributed by atoms with E-state index in [4.69, 9.17) is 0 Å². The van der Waals surface area contributed by atoms with E-state index in [0.29, 0.717) is 11.4 Å². The first-order chi connectivity index (χ1) is 14.0. The Hall–Kier alpha value is -3.68. The molecule has 0 unspecified atom stereocenters. The summed E-state index contributed by atoms with van der Waals surface area (Å²) in [5, 5.41) is 10.5. The average molecular weight is 397 g/mol. The number of hydrogen-bond donors (Lipinski definition) is 3. The van der Waals surface area contributed by atoms with Crippen molar-refractivity contribution in [1.82, 2.24) is 0 Å². The summed E-state index contributed by atoms with van der Waals surface area (Å²) >= 11 is 0. The van der Waals surface area contributed by atoms with E-state index in [2.05, 4.69) is 20.7 Å². The van der Waals surface area contributed by atoms with Crippen molar-refractivity contribution in [3.8, 4) is 5.75 Å². The summed E-state index contributed by atoms with van der Waals surface area (Å²) in [4.78, 5) is 25.1. The van der Waals surface area contributed by atoms with Gasteiger partial charge in [-0.2, -0.15) is 8.78 Å². The van der Waals surface area contributed by atoms with E-state index >= 15 is 0 Å². The van der Waals surface area contributed by atoms with Gasteiger partial charge in [-0.3, -0.25) is 9.59 Å². The van der Waals surface area contributed by atoms with Crippen molar-refractivity contribution in [1.29, 1.82) is 0 Å². The molecule has 148 valence electrons. The lowest BCUT2D eigenvalue weighted by Crippen LogP contribution is -2.36. The van der Waals surface area contributed by atoms with Gasteiger partial charge in [0.05, 0.1) is 12.1 Å². The molecule has 0 saturated carbocycles. The Morgan fingerprint density at radius 2 is 1.72 bits per heavy atom. The second-order valence-electron chi connectivity index (χ2n) is 6.55. The molecule has 1 atom stereocenters. The number of carbonyl (C=O) groups excluding carboxylic acids is 2. The summed E-state index contributed by atoms with van der Waals surface area (Å²) in [5.74, 6) is -0.712. The van der Waals surface area contributed by atoms with Crippen molar-refractivity contribution in [2.24, 2.45) is 0 Å². The van der Waals surface area contributed by atoms with Crippen LogP contribution < -0.4 is 20.7 Å². The molecule has 0 bridgehead atoms. The van der Waals surface area contributed by atoms with Gasteiger partial charge in [0.15, 0.2) is 0 Å². The summed E-state index contributed by atoms with van der Waals surface area (Å²) in [6.07, 6.45) is -0.106. The van der Waals surface area contributed by atoms with Crippen LogP contribution in [0.4, 0.5) is 25.8 Å². The van der Waals surface area contributed by atoms with E-state index in [1.54, 1.807) is 0 Å². The van der Waals surface area contributed by atoms with E-state index < -0.39 is 18.6 Å². The maximum absolute atomic E-state index is 12.6. The minimum Gasteiger partial charge on any atom is -0.435 e. The Labute approximate surface area is 164 Å². The molecule has 1 aliphatic heterocycles. The molecule has 1 heterocycles. The van der Waals surface area contributed by atoms with Gasteiger partial charge >= 0.3 is 6.61 Å². The minimum atomic E-state index is -2.91. The molecule has 0 spiro atoms. The molecular formula is C21H17F2N3O3. The van der Waals surface area contributed by atoms with Gasteiger partial charge < -0.3 is 20.7 Å². The number of ether oxygens (including phenoxy) is 1. The fourth-order valence-electron chi connectivity index (χ4n) is 3.30. The molecule has 0 fully saturated rings. The molecule has 0 aliphatic carbocycles. The predicted molar refractivity (Wildman–Crippen MR) is 106 cm³/mol. The maximum Gasteiger partial charge on any atom is 0.387 e. The third-order valence-electron chi connectivity index (χ3n) is 4.56. The van der Waals surface area contributed by atoms with Crippen LogP contribution in [0, 0.1) is 0 Å². The molecule has 6 nitrogen and oxygen atoms in total. The molecule has 0 aromatic heterocycles. The number of benzene rings is 3. The van der Waals surface area contributed by atoms with Crippen molar-refractivity contribution in [2.75, 3.05) is 16.0 Å². The smallest absolute Gasteiger partial charge is 0.387 e. The molecule has 2 amide bonds. The van der Waals surface area contributed by atoms with E-state index in [-0.39, 0.29) is 18.1 Å². The summed E-state index contributed by atoms with van der Waals surface area (Å²) in [5.41, 5.74) is 1.87. The number of carbonyl (C=O) groups is 2. The Morgan fingerprint density at radius 3 is 2.41 bits per heavy atom. The first-order valence-electron chi connectivity index (χ1n) is 8.93. The molecular weight excluding hydrogens is 380 g/mol. The zero-order valence-corrected chi connectivity index (χ0v) is 15.1. The van der Waals surface area contributed by atoms with Crippen molar-refractivity contribution < 1.29 is 23.1 Å². The molecule has 3 aromatic carbocycles. The Morgan fingerprint density at radius 1 is 1.03 bits per heavy atom. The first-order valence-corrected chi connectivity index (χ1v) is 8.93. The fraction of sp³-hybridized carbons (Fsp3) is 0.143. The number of amides is 2. The Balaban J connectivity index is 1.46. The third-order valence-corrected chi connectivity index (χ3v) is 4.56. The zero-order chi connectivity index (χ0) is 20.4. The molecule has 4 rings (SSSR count). The number of halogens is 2. The van der Waals surface area contributed by atoms with Gasteiger partial charge in [0.2, 0.25) is 11.8 Å². The van der Waals surface area contributed by atoms with Crippen molar-refractivity contribution in [3.63, 3.8) is 0 Å². The van der Waals surface area contributed by atoms with Crippen LogP contribution in [0.5, 0.6) is 5.75 Å². The highest BCUT2D eigenvalue weighted by Gasteiger charge is 2.26. The lowest BCUT2D eigenvalue weighted by Gasteiger charge is -2.16. The lowest BCUT2D eigenvalue weighted by atomic mass is 10.1. The van der Waals surface area contributed by atoms with Gasteiger partial charge in [0.1, 0.15) is 11.8 Å². The van der Waals surface area contributed by atoms with Crippen molar-refractivity contribution >= 4 is 39.6 Å². The maximum atomic E-state index is 12.6. The molecule has 3 aromatic rings. The van der Waals surface area contributed by atoms with Gasteiger partial charge in [0, 0.05) is 16.8 Å². The topological polar surface area (TPSA) is 79.5 Å². The zero-order valence-electron chi connectivity index (χ0n) is 15.1. The fourth-order valence-corrected chi connectivity index (χ4v) is 3.30. The SMILES string of the molecule is O=C(C[C@@H]1Nc2cccc3cccc(c23)NC1=O)Nc1ccc(OC(F)F)cc1. The molecule has 3 N–H and O–H groups in total. The highest BCUT2D eigenvalue weighted by atomic mass is 19.3. The van der Waals surface area contributed by atoms with Gasteiger partial charge in [-0.05, 0) is 41.8 Å². The molecule has 0 saturated heterocycles. The summed E-state index contributed by atoms with van der Waals surface area (Å²) < 4.78 is 28.7. The standard InChI is InChI=1S/C21H17F2N3O3/c22-21(23)29-14-9-7-13(8-10-14)24-18(27)11-17-20(28)26-16-6-2-4-12-3-1-5-15(25-17)19(12)16/h1-10,17,21,25H,11H2,(H,24,27)(H,26,28)/t17-/m0/s1. The second-order valence-corrected chi connectivity index (χ2v) is 6.55. The van der Waals surface area contributed by atoms with Crippen LogP contribution in [0.15, 0.2) is 60.7 Å². The molecule has 0 radical (unpaired) electrons. The summed E-state index contributed by atoms with van der Waals surface area (Å²) in [6, 6.07) is 16.1. The van der Waals surface area contributed by atoms with Gasteiger partial charge in [-0.15, -0.1) is 0 Å². The number of rotatable bonds is 5. The van der Waals surface area contributed by atoms with E-state index in [9.17, 15) is 18.4 Å². The van der Waals surface area contributed by atoms with Gasteiger partial charge in [0.25, 0.3) is 0 Å². The third kappa shape index (κ3) is 4.11.